The summed E-state index contributed by atoms with van der Waals surface area (Å²) in [5.74, 6) is 5.94. The van der Waals surface area contributed by atoms with Crippen LogP contribution in [-0.4, -0.2) is 0 Å². The average Bonchev–Trinajstić information content (AvgIpc) is 2.74. The Morgan fingerprint density at radius 1 is 1.05 bits per heavy atom. The van der Waals surface area contributed by atoms with Crippen molar-refractivity contribution in [3.63, 3.8) is 0 Å². The number of rotatable bonds is 0. The van der Waals surface area contributed by atoms with Crippen molar-refractivity contribution in [2.45, 2.75) is 65.2 Å². The Labute approximate surface area is 138 Å². The molecule has 20 heavy (non-hydrogen) atoms. The molecule has 0 radical (unpaired) electrons. The third-order valence-corrected chi connectivity index (χ3v) is 9.23. The van der Waals surface area contributed by atoms with Crippen LogP contribution < -0.4 is 0 Å². The smallest absolute Gasteiger partial charge is 0.00997 e. The zero-order chi connectivity index (χ0) is 13.9. The molecule has 0 bridgehead atoms. The molecule has 0 aliphatic heterocycles. The monoisotopic (exact) mass is 384 g/mol. The Bertz CT molecular complexity index is 425. The first-order valence-electron chi connectivity index (χ1n) is 8.98. The molecule has 4 aliphatic rings. The van der Waals surface area contributed by atoms with E-state index in [4.69, 9.17) is 0 Å². The SMILES string of the molecule is C[C@@H]1C(I)=C[C@@H]2[C@H]1CC[C@H]1[C@H]2CC[C@H]2CCCC[C@@]21C. The minimum absolute atomic E-state index is 0.706. The van der Waals surface area contributed by atoms with Gasteiger partial charge in [0.25, 0.3) is 0 Å². The molecule has 0 heterocycles. The largest absolute Gasteiger partial charge is 0.0712 e. The van der Waals surface area contributed by atoms with E-state index in [0.29, 0.717) is 5.41 Å². The lowest BCUT2D eigenvalue weighted by Gasteiger charge is -2.58. The zero-order valence-electron chi connectivity index (χ0n) is 13.1. The number of hydrogen-bond donors (Lipinski definition) is 0. The van der Waals surface area contributed by atoms with Crippen LogP contribution in [0.25, 0.3) is 0 Å². The van der Waals surface area contributed by atoms with Gasteiger partial charge in [-0.05, 0) is 106 Å². The van der Waals surface area contributed by atoms with E-state index in [1.165, 1.54) is 32.1 Å². The van der Waals surface area contributed by atoms with Gasteiger partial charge < -0.3 is 0 Å². The summed E-state index contributed by atoms with van der Waals surface area (Å²) in [5, 5.41) is 0. The van der Waals surface area contributed by atoms with E-state index >= 15 is 0 Å². The normalized spacial score (nSPS) is 54.6. The Hall–Kier alpha value is 0.470. The van der Waals surface area contributed by atoms with E-state index in [9.17, 15) is 0 Å². The molecule has 0 aromatic heterocycles. The lowest BCUT2D eigenvalue weighted by molar-refractivity contribution is -0.0804. The topological polar surface area (TPSA) is 0 Å². The molecule has 7 atom stereocenters. The second-order valence-electron chi connectivity index (χ2n) is 8.46. The van der Waals surface area contributed by atoms with Gasteiger partial charge in [0, 0.05) is 0 Å². The fourth-order valence-corrected chi connectivity index (χ4v) is 7.61. The quantitative estimate of drug-likeness (QED) is 0.436. The fourth-order valence-electron chi connectivity index (χ4n) is 6.73. The van der Waals surface area contributed by atoms with Crippen LogP contribution in [0.5, 0.6) is 0 Å². The summed E-state index contributed by atoms with van der Waals surface area (Å²) in [6, 6.07) is 0. The second-order valence-corrected chi connectivity index (χ2v) is 9.70. The number of hydrogen-bond acceptors (Lipinski definition) is 0. The maximum Gasteiger partial charge on any atom is -0.00997 e. The highest BCUT2D eigenvalue weighted by molar-refractivity contribution is 14.1. The molecule has 3 saturated carbocycles. The third kappa shape index (κ3) is 1.90. The van der Waals surface area contributed by atoms with E-state index < -0.39 is 0 Å². The van der Waals surface area contributed by atoms with E-state index in [-0.39, 0.29) is 0 Å². The fraction of sp³-hybridized carbons (Fsp3) is 0.895. The first kappa shape index (κ1) is 14.1. The van der Waals surface area contributed by atoms with Gasteiger partial charge in [-0.3, -0.25) is 0 Å². The summed E-state index contributed by atoms with van der Waals surface area (Å²) >= 11 is 2.63. The van der Waals surface area contributed by atoms with Crippen molar-refractivity contribution in [3.8, 4) is 0 Å². The third-order valence-electron chi connectivity index (χ3n) is 7.89. The highest BCUT2D eigenvalue weighted by Gasteiger charge is 2.54. The van der Waals surface area contributed by atoms with Crippen molar-refractivity contribution in [1.82, 2.24) is 0 Å². The molecule has 0 N–H and O–H groups in total. The molecule has 0 aromatic carbocycles. The molecule has 0 amide bonds. The van der Waals surface area contributed by atoms with Crippen LogP contribution in [0.3, 0.4) is 0 Å². The van der Waals surface area contributed by atoms with Crippen LogP contribution in [0.1, 0.15) is 65.2 Å². The van der Waals surface area contributed by atoms with Crippen molar-refractivity contribution >= 4 is 22.6 Å². The lowest BCUT2D eigenvalue weighted by Crippen LogP contribution is -2.50. The maximum absolute atomic E-state index is 2.69. The molecule has 4 rings (SSSR count). The molecular weight excluding hydrogens is 355 g/mol. The minimum atomic E-state index is 0.706. The van der Waals surface area contributed by atoms with Crippen LogP contribution >= 0.6 is 22.6 Å². The number of fused-ring (bicyclic) bond motifs is 5. The molecule has 3 fully saturated rings. The van der Waals surface area contributed by atoms with E-state index in [1.54, 1.807) is 22.8 Å². The van der Waals surface area contributed by atoms with E-state index in [2.05, 4.69) is 42.5 Å². The number of halogens is 1. The van der Waals surface area contributed by atoms with Gasteiger partial charge in [-0.1, -0.05) is 32.8 Å². The van der Waals surface area contributed by atoms with Crippen molar-refractivity contribution < 1.29 is 0 Å². The van der Waals surface area contributed by atoms with Crippen LogP contribution in [0, 0.1) is 40.9 Å². The van der Waals surface area contributed by atoms with Gasteiger partial charge in [-0.2, -0.15) is 0 Å². The number of allylic oxidation sites excluding steroid dienone is 2. The molecule has 0 aromatic rings. The molecule has 0 spiro atoms. The summed E-state index contributed by atoms with van der Waals surface area (Å²) in [6.45, 7) is 5.16. The van der Waals surface area contributed by atoms with Gasteiger partial charge in [0.05, 0.1) is 0 Å². The van der Waals surface area contributed by atoms with E-state index in [0.717, 1.165) is 35.5 Å². The van der Waals surface area contributed by atoms with Gasteiger partial charge in [0.2, 0.25) is 0 Å². The molecule has 4 aliphatic carbocycles. The maximum atomic E-state index is 2.69. The van der Waals surface area contributed by atoms with Gasteiger partial charge in [-0.25, -0.2) is 0 Å². The Morgan fingerprint density at radius 2 is 1.85 bits per heavy atom. The van der Waals surface area contributed by atoms with Gasteiger partial charge in [0.15, 0.2) is 0 Å². The average molecular weight is 384 g/mol. The first-order valence-corrected chi connectivity index (χ1v) is 10.1. The zero-order valence-corrected chi connectivity index (χ0v) is 15.2. The van der Waals surface area contributed by atoms with Gasteiger partial charge in [0.1, 0.15) is 0 Å². The van der Waals surface area contributed by atoms with Crippen LogP contribution in [0.15, 0.2) is 9.66 Å². The molecule has 1 heteroatoms. The van der Waals surface area contributed by atoms with Crippen LogP contribution in [-0.2, 0) is 0 Å². The predicted molar refractivity (Wildman–Crippen MR) is 93.8 cm³/mol. The summed E-state index contributed by atoms with van der Waals surface area (Å²) in [4.78, 5) is 0. The van der Waals surface area contributed by atoms with Crippen molar-refractivity contribution in [1.29, 1.82) is 0 Å². The Balaban J connectivity index is 1.64. The van der Waals surface area contributed by atoms with Crippen LogP contribution in [0.2, 0.25) is 0 Å². The highest BCUT2D eigenvalue weighted by atomic mass is 127. The van der Waals surface area contributed by atoms with E-state index in [1.807, 2.05) is 0 Å². The molecular formula is C19H29I. The molecule has 0 saturated heterocycles. The summed E-state index contributed by atoms with van der Waals surface area (Å²) in [6.07, 6.45) is 14.9. The standard InChI is InChI=1S/C19H29I/c1-12-14-8-9-17-15(16(14)11-18(12)20)7-6-13-5-3-4-10-19(13,17)2/h11-17H,3-10H2,1-2H3/t12-,13+,14-,15-,16+,17-,19-/m0/s1. The lowest BCUT2D eigenvalue weighted by atomic mass is 9.47. The summed E-state index contributed by atoms with van der Waals surface area (Å²) in [7, 11) is 0. The molecule has 0 nitrogen and oxygen atoms in total. The summed E-state index contributed by atoms with van der Waals surface area (Å²) in [5.41, 5.74) is 0.706. The molecule has 112 valence electrons. The predicted octanol–water partition coefficient (Wildman–Crippen LogP) is 6.20. The van der Waals surface area contributed by atoms with Crippen molar-refractivity contribution in [2.24, 2.45) is 40.9 Å². The Kier molecular flexibility index (Phi) is 3.52. The van der Waals surface area contributed by atoms with Crippen molar-refractivity contribution in [2.75, 3.05) is 0 Å². The second kappa shape index (κ2) is 4.99. The highest BCUT2D eigenvalue weighted by Crippen LogP contribution is 2.63. The minimum Gasteiger partial charge on any atom is -0.0712 e. The van der Waals surface area contributed by atoms with Crippen LogP contribution in [0.4, 0.5) is 0 Å². The summed E-state index contributed by atoms with van der Waals surface area (Å²) < 4.78 is 1.68. The van der Waals surface area contributed by atoms with Gasteiger partial charge in [-0.15, -0.1) is 0 Å². The van der Waals surface area contributed by atoms with Crippen molar-refractivity contribution in [3.05, 3.63) is 9.66 Å². The first-order chi connectivity index (χ1) is 9.61. The van der Waals surface area contributed by atoms with Gasteiger partial charge >= 0.3 is 0 Å². The molecule has 0 unspecified atom stereocenters. The Morgan fingerprint density at radius 3 is 2.70 bits per heavy atom.